The van der Waals surface area contributed by atoms with Gasteiger partial charge in [0.25, 0.3) is 0 Å². The summed E-state index contributed by atoms with van der Waals surface area (Å²) >= 11 is 0. The van der Waals surface area contributed by atoms with Gasteiger partial charge in [-0.2, -0.15) is 28.2 Å². The van der Waals surface area contributed by atoms with E-state index in [9.17, 15) is 27.5 Å². The van der Waals surface area contributed by atoms with Gasteiger partial charge in [-0.1, -0.05) is 25.1 Å². The number of nitrogens with zero attached hydrogens (tertiary/aromatic N) is 5. The van der Waals surface area contributed by atoms with Crippen molar-refractivity contribution in [3.63, 3.8) is 0 Å². The van der Waals surface area contributed by atoms with Crippen LogP contribution >= 0.6 is 0 Å². The monoisotopic (exact) mass is 682 g/mol. The fourth-order valence-electron chi connectivity index (χ4n) is 6.46. The van der Waals surface area contributed by atoms with Crippen molar-refractivity contribution >= 4 is 17.7 Å². The second-order valence-corrected chi connectivity index (χ2v) is 12.6. The smallest absolute Gasteiger partial charge is 0.429 e. The van der Waals surface area contributed by atoms with Crippen molar-refractivity contribution in [3.05, 3.63) is 71.8 Å². The molecule has 49 heavy (non-hydrogen) atoms. The Balaban J connectivity index is 1.30. The number of nitrogens with one attached hydrogen (secondary N) is 1. The molecule has 0 bridgehead atoms. The summed E-state index contributed by atoms with van der Waals surface area (Å²) in [4.78, 5) is 21.5. The first kappa shape index (κ1) is 34.0. The number of halogens is 4. The van der Waals surface area contributed by atoms with Crippen molar-refractivity contribution in [1.82, 2.24) is 25.1 Å². The van der Waals surface area contributed by atoms with E-state index in [-0.39, 0.29) is 34.2 Å². The Bertz CT molecular complexity index is 1820. The molecule has 15 heteroatoms. The minimum atomic E-state index is -4.90. The first-order chi connectivity index (χ1) is 23.3. The first-order valence-corrected chi connectivity index (χ1v) is 16.0. The van der Waals surface area contributed by atoms with Crippen LogP contribution in [0.25, 0.3) is 16.8 Å². The molecule has 1 spiro atoms. The summed E-state index contributed by atoms with van der Waals surface area (Å²) in [5.41, 5.74) is 7.03. The van der Waals surface area contributed by atoms with Gasteiger partial charge in [-0.25, -0.2) is 9.07 Å². The van der Waals surface area contributed by atoms with E-state index in [2.05, 4.69) is 20.4 Å². The van der Waals surface area contributed by atoms with Crippen molar-refractivity contribution in [2.45, 2.75) is 57.9 Å². The van der Waals surface area contributed by atoms with Gasteiger partial charge in [0.2, 0.25) is 17.9 Å². The van der Waals surface area contributed by atoms with Gasteiger partial charge in [0.05, 0.1) is 24.0 Å². The van der Waals surface area contributed by atoms with Crippen LogP contribution in [-0.4, -0.2) is 64.2 Å². The number of hydrogen-bond donors (Lipinski definition) is 2. The van der Waals surface area contributed by atoms with Crippen LogP contribution in [0.5, 0.6) is 11.6 Å². The molecule has 1 unspecified atom stereocenters. The zero-order chi connectivity index (χ0) is 34.9. The van der Waals surface area contributed by atoms with Crippen molar-refractivity contribution in [1.29, 1.82) is 0 Å². The normalized spacial score (nSPS) is 18.1. The Morgan fingerprint density at radius 1 is 1.12 bits per heavy atom. The van der Waals surface area contributed by atoms with E-state index in [0.29, 0.717) is 74.6 Å². The van der Waals surface area contributed by atoms with E-state index in [1.165, 1.54) is 47.3 Å². The predicted octanol–water partition coefficient (Wildman–Crippen LogP) is 4.53. The van der Waals surface area contributed by atoms with Gasteiger partial charge in [0.15, 0.2) is 11.6 Å². The quantitative estimate of drug-likeness (QED) is 0.229. The van der Waals surface area contributed by atoms with Crippen LogP contribution in [-0.2, 0) is 4.79 Å². The number of carboxylic acids is 1. The molecule has 2 aliphatic heterocycles. The zero-order valence-electron chi connectivity index (χ0n) is 27.0. The van der Waals surface area contributed by atoms with E-state index in [1.54, 1.807) is 19.1 Å². The number of ether oxygens (including phenoxy) is 2. The van der Waals surface area contributed by atoms with Gasteiger partial charge in [-0.15, -0.1) is 0 Å². The Morgan fingerprint density at radius 3 is 2.49 bits per heavy atom. The molecular weight excluding hydrogens is 646 g/mol. The Kier molecular flexibility index (Phi) is 9.38. The molecule has 6 rings (SSSR count). The number of nitrogens with two attached hydrogens (primary N) is 1. The number of rotatable bonds is 10. The number of piperidine rings is 1. The third-order valence-electron chi connectivity index (χ3n) is 9.04. The molecule has 2 aromatic heterocycles. The number of carboxylic acid groups (broad SMARTS) is 1. The third kappa shape index (κ3) is 7.41. The highest BCUT2D eigenvalue weighted by atomic mass is 19.4. The second-order valence-electron chi connectivity index (χ2n) is 12.6. The zero-order valence-corrected chi connectivity index (χ0v) is 27.0. The fourth-order valence-corrected chi connectivity index (χ4v) is 6.46. The molecule has 4 aromatic rings. The molecule has 4 heterocycles. The van der Waals surface area contributed by atoms with E-state index < -0.39 is 30.1 Å². The largest absolute Gasteiger partial charge is 0.548 e. The summed E-state index contributed by atoms with van der Waals surface area (Å²) in [6.45, 7) is 5.46. The van der Waals surface area contributed by atoms with Crippen LogP contribution in [0.15, 0.2) is 54.7 Å². The van der Waals surface area contributed by atoms with Crippen LogP contribution in [0.1, 0.15) is 50.0 Å². The molecule has 2 aromatic carbocycles. The number of anilines is 2. The molecule has 0 amide bonds. The van der Waals surface area contributed by atoms with Crippen molar-refractivity contribution in [3.8, 4) is 28.4 Å². The van der Waals surface area contributed by atoms with Crippen LogP contribution < -0.4 is 30.5 Å². The molecule has 2 saturated heterocycles. The van der Waals surface area contributed by atoms with Gasteiger partial charge in [-0.3, -0.25) is 0 Å². The standard InChI is InChI=1S/C34H37F4N7O4/c1-3-14-48-27-7-5-21(15-24(27)35)22-4-6-23(26(16-22)45-11-8-20(2)43-45)30(34(36,37)38)49-29-17-28(41-32(39)42-29)44-12-9-33(10-13-44)18-25(31(46)47)40-19-33/h4-8,11,15-17,25,30,40H,3,9-10,12-14,18-19H2,1-2H3,(H,46,47)(H2,39,41,42)/p-1/t25?,30-/m1/s1. The number of hydrogen-bond acceptors (Lipinski definition) is 10. The van der Waals surface area contributed by atoms with Crippen molar-refractivity contribution in [2.75, 3.05) is 36.9 Å². The molecule has 0 radical (unpaired) electrons. The fraction of sp³-hybridized carbons (Fsp3) is 0.412. The average Bonchev–Trinajstić information content (AvgIpc) is 3.69. The maximum absolute atomic E-state index is 14.9. The number of carbonyl (C=O) groups is 1. The molecule has 2 aliphatic rings. The highest BCUT2D eigenvalue weighted by molar-refractivity contribution is 5.72. The lowest BCUT2D eigenvalue weighted by Gasteiger charge is -2.39. The number of aliphatic carboxylic acids is 1. The summed E-state index contributed by atoms with van der Waals surface area (Å²) in [5, 5.41) is 18.7. The molecule has 2 fully saturated rings. The molecule has 11 nitrogen and oxygen atoms in total. The molecule has 260 valence electrons. The highest BCUT2D eigenvalue weighted by Gasteiger charge is 2.45. The van der Waals surface area contributed by atoms with Gasteiger partial charge < -0.3 is 35.3 Å². The average molecular weight is 683 g/mol. The highest BCUT2D eigenvalue weighted by Crippen LogP contribution is 2.43. The number of benzene rings is 2. The molecule has 0 aliphatic carbocycles. The number of aryl methyl sites for hydroxylation is 1. The van der Waals surface area contributed by atoms with E-state index >= 15 is 0 Å². The lowest BCUT2D eigenvalue weighted by molar-refractivity contribution is -0.308. The number of nitrogen functional groups attached to an aromatic ring is 1. The van der Waals surface area contributed by atoms with Gasteiger partial charge in [-0.05, 0) is 73.4 Å². The van der Waals surface area contributed by atoms with Gasteiger partial charge >= 0.3 is 6.18 Å². The van der Waals surface area contributed by atoms with Gasteiger partial charge in [0, 0.05) is 43.5 Å². The predicted molar refractivity (Wildman–Crippen MR) is 171 cm³/mol. The van der Waals surface area contributed by atoms with Crippen molar-refractivity contribution in [2.24, 2.45) is 5.41 Å². The summed E-state index contributed by atoms with van der Waals surface area (Å²) in [6, 6.07) is 10.9. The lowest BCUT2D eigenvalue weighted by atomic mass is 9.76. The SMILES string of the molecule is CCCOc1ccc(-c2ccc([C@@H](Oc3cc(N4CCC5(CC4)CNC(C(=O)[O-])C5)nc(N)n3)C(F)(F)F)c(-n3ccc(C)n3)c2)cc1F. The van der Waals surface area contributed by atoms with Crippen molar-refractivity contribution < 1.29 is 36.9 Å². The van der Waals surface area contributed by atoms with Crippen LogP contribution in [0.4, 0.5) is 29.3 Å². The third-order valence-corrected chi connectivity index (χ3v) is 9.04. The maximum atomic E-state index is 14.9. The van der Waals surface area contributed by atoms with Crippen LogP contribution in [0.2, 0.25) is 0 Å². The molecular formula is C34H36F4N7O4-. The Hall–Kier alpha value is -4.92. The summed E-state index contributed by atoms with van der Waals surface area (Å²) in [6.07, 6.45) is -3.41. The van der Waals surface area contributed by atoms with E-state index in [4.69, 9.17) is 15.2 Å². The minimum Gasteiger partial charge on any atom is -0.548 e. The topological polar surface area (TPSA) is 143 Å². The number of aromatic nitrogens is 4. The van der Waals surface area contributed by atoms with Gasteiger partial charge in [0.1, 0.15) is 5.82 Å². The first-order valence-electron chi connectivity index (χ1n) is 16.0. The lowest BCUT2D eigenvalue weighted by Crippen LogP contribution is -2.42. The molecule has 2 atom stereocenters. The number of carbonyl (C=O) groups excluding carboxylic acids is 1. The minimum absolute atomic E-state index is 0.0725. The second kappa shape index (κ2) is 13.5. The van der Waals surface area contributed by atoms with E-state index in [1.807, 2.05) is 11.8 Å². The summed E-state index contributed by atoms with van der Waals surface area (Å²) < 4.78 is 71.8. The summed E-state index contributed by atoms with van der Waals surface area (Å²) in [7, 11) is 0. The number of alkyl halides is 3. The maximum Gasteiger partial charge on any atom is 0.429 e. The Labute approximate surface area is 280 Å². The van der Waals surface area contributed by atoms with Crippen LogP contribution in [0, 0.1) is 18.2 Å². The molecule has 3 N–H and O–H groups in total. The molecule has 0 saturated carbocycles. The Morgan fingerprint density at radius 2 is 1.86 bits per heavy atom. The summed E-state index contributed by atoms with van der Waals surface area (Å²) in [5.74, 6) is -1.98. The van der Waals surface area contributed by atoms with Crippen LogP contribution in [0.3, 0.4) is 0 Å². The van der Waals surface area contributed by atoms with E-state index in [0.717, 1.165) is 0 Å².